The van der Waals surface area contributed by atoms with Crippen LogP contribution in [0, 0.1) is 0 Å². The fourth-order valence-corrected chi connectivity index (χ4v) is 10.4. The van der Waals surface area contributed by atoms with Crippen molar-refractivity contribution in [1.29, 1.82) is 0 Å². The van der Waals surface area contributed by atoms with Gasteiger partial charge in [0.25, 0.3) is 0 Å². The standard InChI is InChI=1S/C51H31N3S2/c1-4-14-32(15-5-1)33-26-28-36(29-27-33)50-52-49(35-18-8-3-9-19-35)53-51(54-50)42-24-13-23-41-40-22-12-21-38(46(40)56-47(41)42)37-30-43(34-16-6-2-7-17-34)48-44(31-37)39-20-10-11-25-45(39)55-48/h1-31H. The maximum absolute atomic E-state index is 5.19. The molecule has 0 bridgehead atoms. The van der Waals surface area contributed by atoms with Gasteiger partial charge < -0.3 is 0 Å². The van der Waals surface area contributed by atoms with E-state index >= 15 is 0 Å². The van der Waals surface area contributed by atoms with Gasteiger partial charge in [-0.25, -0.2) is 15.0 Å². The number of thiophene rings is 2. The van der Waals surface area contributed by atoms with E-state index in [-0.39, 0.29) is 0 Å². The second-order valence-corrected chi connectivity index (χ2v) is 16.0. The molecule has 0 saturated heterocycles. The lowest BCUT2D eigenvalue weighted by Crippen LogP contribution is -2.00. The van der Waals surface area contributed by atoms with E-state index in [4.69, 9.17) is 15.0 Å². The minimum Gasteiger partial charge on any atom is -0.208 e. The van der Waals surface area contributed by atoms with Gasteiger partial charge in [0.2, 0.25) is 0 Å². The Bertz CT molecular complexity index is 3220. The molecule has 0 saturated carbocycles. The molecule has 5 heteroatoms. The Balaban J connectivity index is 1.10. The number of nitrogens with zero attached hydrogens (tertiary/aromatic N) is 3. The fraction of sp³-hybridized carbons (Fsp3) is 0. The third-order valence-electron chi connectivity index (χ3n) is 10.6. The zero-order valence-corrected chi connectivity index (χ0v) is 31.7. The highest BCUT2D eigenvalue weighted by Gasteiger charge is 2.20. The van der Waals surface area contributed by atoms with E-state index in [2.05, 4.69) is 164 Å². The van der Waals surface area contributed by atoms with Crippen LogP contribution in [0.25, 0.3) is 108 Å². The monoisotopic (exact) mass is 749 g/mol. The summed E-state index contributed by atoms with van der Waals surface area (Å²) in [4.78, 5) is 15.4. The molecular weight excluding hydrogens is 719 g/mol. The number of fused-ring (bicyclic) bond motifs is 6. The van der Waals surface area contributed by atoms with Crippen LogP contribution < -0.4 is 0 Å². The molecule has 0 amide bonds. The summed E-state index contributed by atoms with van der Waals surface area (Å²) in [7, 11) is 0. The highest BCUT2D eigenvalue weighted by atomic mass is 32.1. The molecule has 0 fully saturated rings. The summed E-state index contributed by atoms with van der Waals surface area (Å²) in [6, 6.07) is 66.7. The van der Waals surface area contributed by atoms with E-state index in [0.717, 1.165) is 27.0 Å². The molecule has 0 N–H and O–H groups in total. The predicted octanol–water partition coefficient (Wildman–Crippen LogP) is 14.6. The first-order valence-corrected chi connectivity index (χ1v) is 20.3. The van der Waals surface area contributed by atoms with Crippen molar-refractivity contribution >= 4 is 63.0 Å². The maximum atomic E-state index is 5.19. The molecule has 56 heavy (non-hydrogen) atoms. The van der Waals surface area contributed by atoms with E-state index < -0.39 is 0 Å². The van der Waals surface area contributed by atoms with Crippen molar-refractivity contribution < 1.29 is 0 Å². The molecule has 3 aromatic heterocycles. The van der Waals surface area contributed by atoms with Crippen molar-refractivity contribution in [3.05, 3.63) is 188 Å². The van der Waals surface area contributed by atoms with Gasteiger partial charge in [-0.2, -0.15) is 0 Å². The molecule has 11 rings (SSSR count). The molecular formula is C51H31N3S2. The van der Waals surface area contributed by atoms with Crippen LogP contribution in [0.1, 0.15) is 0 Å². The minimum absolute atomic E-state index is 0.650. The van der Waals surface area contributed by atoms with E-state index in [1.165, 1.54) is 63.5 Å². The first kappa shape index (κ1) is 32.6. The number of aromatic nitrogens is 3. The van der Waals surface area contributed by atoms with E-state index in [0.29, 0.717) is 17.5 Å². The molecule has 0 aliphatic carbocycles. The fourth-order valence-electron chi connectivity index (χ4n) is 7.82. The lowest BCUT2D eigenvalue weighted by molar-refractivity contribution is 1.08. The van der Waals surface area contributed by atoms with E-state index in [1.807, 2.05) is 46.9 Å². The normalized spacial score (nSPS) is 11.6. The highest BCUT2D eigenvalue weighted by Crippen LogP contribution is 2.47. The summed E-state index contributed by atoms with van der Waals surface area (Å²) in [6.45, 7) is 0. The van der Waals surface area contributed by atoms with Gasteiger partial charge in [-0.15, -0.1) is 22.7 Å². The maximum Gasteiger partial charge on any atom is 0.165 e. The van der Waals surface area contributed by atoms with Crippen LogP contribution in [0.4, 0.5) is 0 Å². The molecule has 3 nitrogen and oxygen atoms in total. The smallest absolute Gasteiger partial charge is 0.165 e. The van der Waals surface area contributed by atoms with Gasteiger partial charge in [-0.05, 0) is 52.1 Å². The largest absolute Gasteiger partial charge is 0.208 e. The van der Waals surface area contributed by atoms with Crippen LogP contribution in [0.2, 0.25) is 0 Å². The third-order valence-corrected chi connectivity index (χ3v) is 13.1. The average Bonchev–Trinajstić information content (AvgIpc) is 3.86. The zero-order chi connectivity index (χ0) is 37.0. The molecule has 0 radical (unpaired) electrons. The van der Waals surface area contributed by atoms with Crippen molar-refractivity contribution in [2.24, 2.45) is 0 Å². The highest BCUT2D eigenvalue weighted by molar-refractivity contribution is 7.27. The summed E-state index contributed by atoms with van der Waals surface area (Å²) in [5, 5.41) is 5.02. The summed E-state index contributed by atoms with van der Waals surface area (Å²) in [5.74, 6) is 1.97. The Kier molecular flexibility index (Phi) is 7.87. The minimum atomic E-state index is 0.650. The number of rotatable bonds is 6. The number of hydrogen-bond acceptors (Lipinski definition) is 5. The van der Waals surface area contributed by atoms with Gasteiger partial charge in [0.05, 0.1) is 0 Å². The van der Waals surface area contributed by atoms with E-state index in [1.54, 1.807) is 0 Å². The van der Waals surface area contributed by atoms with Crippen LogP contribution >= 0.6 is 22.7 Å². The molecule has 0 spiro atoms. The van der Waals surface area contributed by atoms with E-state index in [9.17, 15) is 0 Å². The lowest BCUT2D eigenvalue weighted by atomic mass is 9.95. The van der Waals surface area contributed by atoms with Crippen LogP contribution in [0.15, 0.2) is 188 Å². The van der Waals surface area contributed by atoms with Crippen LogP contribution in [0.5, 0.6) is 0 Å². The lowest BCUT2D eigenvalue weighted by Gasteiger charge is -2.10. The second-order valence-electron chi connectivity index (χ2n) is 13.9. The molecule has 262 valence electrons. The van der Waals surface area contributed by atoms with Crippen molar-refractivity contribution in [2.45, 2.75) is 0 Å². The number of benzene rings is 8. The van der Waals surface area contributed by atoms with Crippen molar-refractivity contribution in [3.63, 3.8) is 0 Å². The molecule has 11 aromatic rings. The van der Waals surface area contributed by atoms with Crippen molar-refractivity contribution in [3.8, 4) is 67.5 Å². The van der Waals surface area contributed by atoms with Crippen LogP contribution in [-0.2, 0) is 0 Å². The van der Waals surface area contributed by atoms with Gasteiger partial charge in [-0.1, -0.05) is 164 Å². The quantitative estimate of drug-likeness (QED) is 0.170. The van der Waals surface area contributed by atoms with Gasteiger partial charge in [0.15, 0.2) is 17.5 Å². The SMILES string of the molecule is c1ccc(-c2ccc(-c3nc(-c4ccccc4)nc(-c4cccc5c4sc4c(-c6cc(-c7ccccc7)c7sc8ccccc8c7c6)cccc45)n3)cc2)cc1. The molecule has 0 aliphatic rings. The Morgan fingerprint density at radius 1 is 0.268 bits per heavy atom. The van der Waals surface area contributed by atoms with Gasteiger partial charge in [-0.3, -0.25) is 0 Å². The average molecular weight is 750 g/mol. The predicted molar refractivity (Wildman–Crippen MR) is 238 cm³/mol. The molecule has 0 unspecified atom stereocenters. The first-order chi connectivity index (χ1) is 27.7. The summed E-state index contributed by atoms with van der Waals surface area (Å²) in [6.07, 6.45) is 0. The molecule has 0 atom stereocenters. The summed E-state index contributed by atoms with van der Waals surface area (Å²) >= 11 is 3.70. The zero-order valence-electron chi connectivity index (χ0n) is 30.1. The van der Waals surface area contributed by atoms with Crippen LogP contribution in [0.3, 0.4) is 0 Å². The van der Waals surface area contributed by atoms with Crippen molar-refractivity contribution in [2.75, 3.05) is 0 Å². The Morgan fingerprint density at radius 2 is 0.750 bits per heavy atom. The molecule has 0 aliphatic heterocycles. The second kappa shape index (κ2) is 13.5. The summed E-state index contributed by atoms with van der Waals surface area (Å²) in [5.41, 5.74) is 10.2. The summed E-state index contributed by atoms with van der Waals surface area (Å²) < 4.78 is 5.04. The Hall–Kier alpha value is -6.79. The molecule has 3 heterocycles. The molecule has 8 aromatic carbocycles. The Labute approximate surface area is 331 Å². The van der Waals surface area contributed by atoms with Gasteiger partial charge in [0, 0.05) is 62.6 Å². The third kappa shape index (κ3) is 5.60. The topological polar surface area (TPSA) is 38.7 Å². The first-order valence-electron chi connectivity index (χ1n) is 18.7. The Morgan fingerprint density at radius 3 is 1.45 bits per heavy atom. The number of hydrogen-bond donors (Lipinski definition) is 0. The van der Waals surface area contributed by atoms with Gasteiger partial charge >= 0.3 is 0 Å². The van der Waals surface area contributed by atoms with Gasteiger partial charge in [0.1, 0.15) is 0 Å². The van der Waals surface area contributed by atoms with Crippen molar-refractivity contribution in [1.82, 2.24) is 15.0 Å². The van der Waals surface area contributed by atoms with Crippen LogP contribution in [-0.4, -0.2) is 15.0 Å².